The van der Waals surface area contributed by atoms with E-state index < -0.39 is 0 Å². The molecular formula is C13H21N3O2. The Morgan fingerprint density at radius 1 is 1.28 bits per heavy atom. The zero-order valence-corrected chi connectivity index (χ0v) is 11.0. The summed E-state index contributed by atoms with van der Waals surface area (Å²) in [5.74, 6) is 0.832. The number of benzene rings is 1. The van der Waals surface area contributed by atoms with Crippen molar-refractivity contribution in [2.24, 2.45) is 4.99 Å². The molecule has 0 unspecified atom stereocenters. The van der Waals surface area contributed by atoms with Gasteiger partial charge in [0, 0.05) is 6.54 Å². The van der Waals surface area contributed by atoms with E-state index in [0.717, 1.165) is 31.1 Å². The predicted molar refractivity (Wildman–Crippen MR) is 72.8 cm³/mol. The number of nitrogens with zero attached hydrogens (tertiary/aromatic N) is 2. The van der Waals surface area contributed by atoms with Crippen LogP contribution in [0.25, 0.3) is 0 Å². The van der Waals surface area contributed by atoms with Gasteiger partial charge in [0.2, 0.25) is 0 Å². The molecule has 0 aromatic heterocycles. The van der Waals surface area contributed by atoms with Crippen LogP contribution < -0.4 is 10.2 Å². The topological polar surface area (TPSA) is 57.1 Å². The van der Waals surface area contributed by atoms with Crippen LogP contribution >= 0.6 is 0 Å². The van der Waals surface area contributed by atoms with Crippen molar-refractivity contribution in [1.82, 2.24) is 10.4 Å². The summed E-state index contributed by atoms with van der Waals surface area (Å²) >= 11 is 0. The number of nitrogens with one attached hydrogen (secondary N) is 1. The first kappa shape index (κ1) is 14.5. The molecule has 1 aromatic carbocycles. The van der Waals surface area contributed by atoms with E-state index in [4.69, 9.17) is 9.94 Å². The molecule has 0 fully saturated rings. The molecule has 0 radical (unpaired) electrons. The van der Waals surface area contributed by atoms with Gasteiger partial charge in [-0.15, -0.1) is 0 Å². The Morgan fingerprint density at radius 3 is 2.50 bits per heavy atom. The Kier molecular flexibility index (Phi) is 6.83. The highest BCUT2D eigenvalue weighted by atomic mass is 16.5. The van der Waals surface area contributed by atoms with E-state index in [0.29, 0.717) is 6.61 Å². The molecule has 1 aromatic rings. The maximum Gasteiger partial charge on any atom is 0.119 e. The Labute approximate surface area is 108 Å². The van der Waals surface area contributed by atoms with Gasteiger partial charge in [-0.05, 0) is 37.4 Å². The first-order chi connectivity index (χ1) is 8.80. The lowest BCUT2D eigenvalue weighted by Crippen LogP contribution is -2.27. The molecule has 0 aliphatic heterocycles. The smallest absolute Gasteiger partial charge is 0.119 e. The van der Waals surface area contributed by atoms with Crippen molar-refractivity contribution < 1.29 is 9.94 Å². The standard InChI is InChI=1S/C13H21N3O2/c1-3-16(4-2)9-10-18-13-7-5-12(6-8-13)14-11-15-17/h5-8,11,17H,3-4,9-10H2,1-2H3,(H,14,15). The van der Waals surface area contributed by atoms with E-state index >= 15 is 0 Å². The minimum absolute atomic E-state index is 0.683. The fourth-order valence-corrected chi connectivity index (χ4v) is 1.56. The van der Waals surface area contributed by atoms with Crippen LogP contribution in [0.4, 0.5) is 5.69 Å². The SMILES string of the molecule is CCN(CC)CCOc1ccc(N=CNO)cc1. The highest BCUT2D eigenvalue weighted by molar-refractivity contribution is 5.59. The molecule has 0 bridgehead atoms. The minimum Gasteiger partial charge on any atom is -0.492 e. The Balaban J connectivity index is 2.37. The van der Waals surface area contributed by atoms with Crippen LogP contribution in [-0.4, -0.2) is 42.7 Å². The van der Waals surface area contributed by atoms with Gasteiger partial charge in [0.15, 0.2) is 0 Å². The number of hydrogen-bond acceptors (Lipinski definition) is 4. The van der Waals surface area contributed by atoms with Gasteiger partial charge in [0.05, 0.1) is 5.69 Å². The zero-order valence-electron chi connectivity index (χ0n) is 11.0. The third-order valence-electron chi connectivity index (χ3n) is 2.68. The molecule has 100 valence electrons. The molecule has 0 aliphatic rings. The number of ether oxygens (including phenoxy) is 1. The third-order valence-corrected chi connectivity index (χ3v) is 2.68. The molecular weight excluding hydrogens is 230 g/mol. The van der Waals surface area contributed by atoms with E-state index in [1.165, 1.54) is 6.34 Å². The van der Waals surface area contributed by atoms with Gasteiger partial charge in [-0.25, -0.2) is 4.99 Å². The lowest BCUT2D eigenvalue weighted by atomic mass is 10.3. The molecule has 5 nitrogen and oxygen atoms in total. The van der Waals surface area contributed by atoms with Gasteiger partial charge in [0.25, 0.3) is 0 Å². The van der Waals surface area contributed by atoms with Crippen LogP contribution in [0.2, 0.25) is 0 Å². The number of aliphatic imine (C=N–C) groups is 1. The van der Waals surface area contributed by atoms with Gasteiger partial charge < -0.3 is 9.64 Å². The second-order valence-corrected chi connectivity index (χ2v) is 3.76. The summed E-state index contributed by atoms with van der Waals surface area (Å²) in [5, 5.41) is 8.37. The van der Waals surface area contributed by atoms with E-state index in [1.807, 2.05) is 29.7 Å². The van der Waals surface area contributed by atoms with Crippen LogP contribution in [0.3, 0.4) is 0 Å². The lowest BCUT2D eigenvalue weighted by molar-refractivity contribution is 0.223. The van der Waals surface area contributed by atoms with Crippen LogP contribution in [-0.2, 0) is 0 Å². The van der Waals surface area contributed by atoms with Crippen molar-refractivity contribution in [3.8, 4) is 5.75 Å². The average molecular weight is 251 g/mol. The fourth-order valence-electron chi connectivity index (χ4n) is 1.56. The van der Waals surface area contributed by atoms with Gasteiger partial charge in [-0.1, -0.05) is 13.8 Å². The molecule has 0 saturated heterocycles. The summed E-state index contributed by atoms with van der Waals surface area (Å²) in [5.41, 5.74) is 2.62. The Morgan fingerprint density at radius 2 is 1.94 bits per heavy atom. The normalized spacial score (nSPS) is 11.1. The summed E-state index contributed by atoms with van der Waals surface area (Å²) in [6.45, 7) is 7.99. The highest BCUT2D eigenvalue weighted by Crippen LogP contribution is 2.17. The number of rotatable bonds is 8. The maximum absolute atomic E-state index is 8.37. The third kappa shape index (κ3) is 5.16. The van der Waals surface area contributed by atoms with E-state index in [1.54, 1.807) is 0 Å². The summed E-state index contributed by atoms with van der Waals surface area (Å²) in [4.78, 5) is 6.26. The van der Waals surface area contributed by atoms with Gasteiger partial charge in [-0.3, -0.25) is 10.7 Å². The Hall–Kier alpha value is -1.59. The molecule has 0 heterocycles. The van der Waals surface area contributed by atoms with Gasteiger partial charge in [-0.2, -0.15) is 0 Å². The van der Waals surface area contributed by atoms with Crippen LogP contribution in [0.5, 0.6) is 5.75 Å². The number of likely N-dealkylation sites (N-methyl/N-ethyl adjacent to an activating group) is 1. The molecule has 0 spiro atoms. The van der Waals surface area contributed by atoms with E-state index in [-0.39, 0.29) is 0 Å². The van der Waals surface area contributed by atoms with Crippen molar-refractivity contribution in [2.75, 3.05) is 26.2 Å². The Bertz CT molecular complexity index is 348. The summed E-state index contributed by atoms with van der Waals surface area (Å²) in [6, 6.07) is 7.40. The monoisotopic (exact) mass is 251 g/mol. The molecule has 1 rings (SSSR count). The second-order valence-electron chi connectivity index (χ2n) is 3.76. The predicted octanol–water partition coefficient (Wildman–Crippen LogP) is 2.05. The molecule has 0 saturated carbocycles. The van der Waals surface area contributed by atoms with Crippen molar-refractivity contribution in [2.45, 2.75) is 13.8 Å². The van der Waals surface area contributed by atoms with Gasteiger partial charge >= 0.3 is 0 Å². The lowest BCUT2D eigenvalue weighted by Gasteiger charge is -2.17. The van der Waals surface area contributed by atoms with Crippen LogP contribution in [0.1, 0.15) is 13.8 Å². The zero-order chi connectivity index (χ0) is 13.2. The summed E-state index contributed by atoms with van der Waals surface area (Å²) < 4.78 is 5.64. The average Bonchev–Trinajstić information content (AvgIpc) is 2.42. The number of hydroxylamine groups is 1. The fraction of sp³-hybridized carbons (Fsp3) is 0.462. The largest absolute Gasteiger partial charge is 0.492 e. The van der Waals surface area contributed by atoms with E-state index in [2.05, 4.69) is 23.7 Å². The van der Waals surface area contributed by atoms with Crippen LogP contribution in [0, 0.1) is 0 Å². The summed E-state index contributed by atoms with van der Waals surface area (Å²) in [6.07, 6.45) is 1.22. The maximum atomic E-state index is 8.37. The molecule has 0 atom stereocenters. The van der Waals surface area contributed by atoms with Crippen LogP contribution in [0.15, 0.2) is 29.3 Å². The van der Waals surface area contributed by atoms with Crippen molar-refractivity contribution in [3.63, 3.8) is 0 Å². The van der Waals surface area contributed by atoms with Crippen molar-refractivity contribution >= 4 is 12.0 Å². The highest BCUT2D eigenvalue weighted by Gasteiger charge is 1.99. The molecule has 0 amide bonds. The minimum atomic E-state index is 0.683. The van der Waals surface area contributed by atoms with E-state index in [9.17, 15) is 0 Å². The van der Waals surface area contributed by atoms with Gasteiger partial charge in [0.1, 0.15) is 18.7 Å². The summed E-state index contributed by atoms with van der Waals surface area (Å²) in [7, 11) is 0. The molecule has 5 heteroatoms. The van der Waals surface area contributed by atoms with Crippen molar-refractivity contribution in [3.05, 3.63) is 24.3 Å². The quantitative estimate of drug-likeness (QED) is 0.422. The van der Waals surface area contributed by atoms with Crippen molar-refractivity contribution in [1.29, 1.82) is 0 Å². The molecule has 18 heavy (non-hydrogen) atoms. The molecule has 0 aliphatic carbocycles. The first-order valence-electron chi connectivity index (χ1n) is 6.17. The first-order valence-corrected chi connectivity index (χ1v) is 6.17. The second kappa shape index (κ2) is 8.49. The number of hydrogen-bond donors (Lipinski definition) is 2. The molecule has 2 N–H and O–H groups in total.